The minimum Gasteiger partial charge on any atom is -0.399 e. The Morgan fingerprint density at radius 2 is 1.75 bits per heavy atom. The van der Waals surface area contributed by atoms with Gasteiger partial charge in [0.15, 0.2) is 0 Å². The third kappa shape index (κ3) is 3.07. The SMILES string of the molecule is CC1(C)CC(CN2CCN(c3ccc(N)cc3)CC2)O1. The van der Waals surface area contributed by atoms with Crippen LogP contribution in [0.1, 0.15) is 20.3 Å². The highest BCUT2D eigenvalue weighted by Gasteiger charge is 2.38. The first-order chi connectivity index (χ1) is 9.52. The molecule has 0 amide bonds. The minimum atomic E-state index is 0.108. The number of anilines is 2. The van der Waals surface area contributed by atoms with Crippen molar-refractivity contribution in [3.05, 3.63) is 24.3 Å². The zero-order valence-corrected chi connectivity index (χ0v) is 12.5. The molecular formula is C16H25N3O. The fourth-order valence-electron chi connectivity index (χ4n) is 3.25. The largest absolute Gasteiger partial charge is 0.399 e. The Balaban J connectivity index is 1.46. The summed E-state index contributed by atoms with van der Waals surface area (Å²) in [5, 5.41) is 0. The maximum absolute atomic E-state index is 5.88. The number of nitrogen functional groups attached to an aromatic ring is 1. The molecular weight excluding hydrogens is 250 g/mol. The molecule has 4 nitrogen and oxygen atoms in total. The summed E-state index contributed by atoms with van der Waals surface area (Å²) in [6.45, 7) is 9.82. The molecule has 2 saturated heterocycles. The first-order valence-electron chi connectivity index (χ1n) is 7.52. The van der Waals surface area contributed by atoms with Crippen LogP contribution in [-0.4, -0.2) is 49.3 Å². The Hall–Kier alpha value is -1.26. The van der Waals surface area contributed by atoms with Gasteiger partial charge in [0, 0.05) is 50.5 Å². The molecule has 0 bridgehead atoms. The van der Waals surface area contributed by atoms with Gasteiger partial charge in [-0.2, -0.15) is 0 Å². The second-order valence-corrected chi connectivity index (χ2v) is 6.58. The van der Waals surface area contributed by atoms with Crippen molar-refractivity contribution in [1.82, 2.24) is 4.90 Å². The summed E-state index contributed by atoms with van der Waals surface area (Å²) in [6, 6.07) is 8.18. The van der Waals surface area contributed by atoms with Crippen LogP contribution in [0.3, 0.4) is 0 Å². The molecule has 2 fully saturated rings. The molecule has 20 heavy (non-hydrogen) atoms. The zero-order chi connectivity index (χ0) is 14.2. The summed E-state index contributed by atoms with van der Waals surface area (Å²) in [5.74, 6) is 0. The van der Waals surface area contributed by atoms with E-state index in [1.165, 1.54) is 12.1 Å². The van der Waals surface area contributed by atoms with Gasteiger partial charge in [-0.3, -0.25) is 4.90 Å². The normalized spacial score (nSPS) is 26.3. The highest BCUT2D eigenvalue weighted by Crippen LogP contribution is 2.32. The van der Waals surface area contributed by atoms with Gasteiger partial charge in [-0.15, -0.1) is 0 Å². The number of rotatable bonds is 3. The highest BCUT2D eigenvalue weighted by atomic mass is 16.5. The highest BCUT2D eigenvalue weighted by molar-refractivity contribution is 5.53. The summed E-state index contributed by atoms with van der Waals surface area (Å²) in [6.07, 6.45) is 1.62. The average molecular weight is 275 g/mol. The summed E-state index contributed by atoms with van der Waals surface area (Å²) in [7, 11) is 0. The van der Waals surface area contributed by atoms with Crippen LogP contribution in [0.25, 0.3) is 0 Å². The van der Waals surface area contributed by atoms with E-state index in [-0.39, 0.29) is 5.60 Å². The van der Waals surface area contributed by atoms with Crippen LogP contribution >= 0.6 is 0 Å². The lowest BCUT2D eigenvalue weighted by atomic mass is 9.93. The van der Waals surface area contributed by atoms with Gasteiger partial charge in [0.25, 0.3) is 0 Å². The van der Waals surface area contributed by atoms with Gasteiger partial charge < -0.3 is 15.4 Å². The van der Waals surface area contributed by atoms with Crippen LogP contribution < -0.4 is 10.6 Å². The summed E-state index contributed by atoms with van der Waals surface area (Å²) in [5.41, 5.74) is 7.95. The van der Waals surface area contributed by atoms with E-state index in [1.807, 2.05) is 12.1 Å². The Bertz CT molecular complexity index is 441. The summed E-state index contributed by atoms with van der Waals surface area (Å²) in [4.78, 5) is 4.95. The van der Waals surface area contributed by atoms with Crippen molar-refractivity contribution in [2.24, 2.45) is 0 Å². The van der Waals surface area contributed by atoms with E-state index in [2.05, 4.69) is 35.8 Å². The molecule has 1 aromatic rings. The van der Waals surface area contributed by atoms with E-state index in [9.17, 15) is 0 Å². The smallest absolute Gasteiger partial charge is 0.0736 e. The lowest BCUT2D eigenvalue weighted by Gasteiger charge is -2.46. The van der Waals surface area contributed by atoms with Crippen LogP contribution in [0.5, 0.6) is 0 Å². The molecule has 2 aliphatic heterocycles. The summed E-state index contributed by atoms with van der Waals surface area (Å²) >= 11 is 0. The number of hydrogen-bond donors (Lipinski definition) is 1. The van der Waals surface area contributed by atoms with Crippen molar-refractivity contribution in [2.45, 2.75) is 32.0 Å². The van der Waals surface area contributed by atoms with Gasteiger partial charge in [-0.05, 0) is 38.1 Å². The molecule has 0 saturated carbocycles. The Kier molecular flexibility index (Phi) is 3.61. The van der Waals surface area contributed by atoms with Gasteiger partial charge in [-0.1, -0.05) is 0 Å². The van der Waals surface area contributed by atoms with Gasteiger partial charge in [0.2, 0.25) is 0 Å². The molecule has 0 aliphatic carbocycles. The molecule has 2 N–H and O–H groups in total. The second-order valence-electron chi connectivity index (χ2n) is 6.58. The molecule has 2 heterocycles. The van der Waals surface area contributed by atoms with E-state index >= 15 is 0 Å². The van der Waals surface area contributed by atoms with Gasteiger partial charge >= 0.3 is 0 Å². The second kappa shape index (κ2) is 5.26. The van der Waals surface area contributed by atoms with Crippen molar-refractivity contribution in [3.8, 4) is 0 Å². The molecule has 0 aromatic heterocycles. The molecule has 2 aliphatic rings. The number of piperazine rings is 1. The van der Waals surface area contributed by atoms with Crippen LogP contribution in [-0.2, 0) is 4.74 Å². The van der Waals surface area contributed by atoms with Crippen LogP contribution in [0.15, 0.2) is 24.3 Å². The van der Waals surface area contributed by atoms with E-state index in [4.69, 9.17) is 10.5 Å². The van der Waals surface area contributed by atoms with Crippen molar-refractivity contribution in [1.29, 1.82) is 0 Å². The van der Waals surface area contributed by atoms with Crippen LogP contribution in [0.4, 0.5) is 11.4 Å². The maximum atomic E-state index is 5.88. The Morgan fingerprint density at radius 3 is 2.30 bits per heavy atom. The molecule has 0 spiro atoms. The molecule has 0 radical (unpaired) electrons. The van der Waals surface area contributed by atoms with E-state index < -0.39 is 0 Å². The third-order valence-corrected chi connectivity index (χ3v) is 4.30. The van der Waals surface area contributed by atoms with E-state index in [0.29, 0.717) is 6.10 Å². The quantitative estimate of drug-likeness (QED) is 0.856. The number of nitrogens with zero attached hydrogens (tertiary/aromatic N) is 2. The number of ether oxygens (including phenoxy) is 1. The van der Waals surface area contributed by atoms with Gasteiger partial charge in [0.1, 0.15) is 0 Å². The predicted octanol–water partition coefficient (Wildman–Crippen LogP) is 1.96. The van der Waals surface area contributed by atoms with Crippen LogP contribution in [0, 0.1) is 0 Å². The van der Waals surface area contributed by atoms with Crippen molar-refractivity contribution < 1.29 is 4.74 Å². The zero-order valence-electron chi connectivity index (χ0n) is 12.5. The number of benzene rings is 1. The molecule has 110 valence electrons. The predicted molar refractivity (Wildman–Crippen MR) is 83.1 cm³/mol. The van der Waals surface area contributed by atoms with Gasteiger partial charge in [0.05, 0.1) is 11.7 Å². The molecule has 3 rings (SSSR count). The fraction of sp³-hybridized carbons (Fsp3) is 0.625. The van der Waals surface area contributed by atoms with Crippen molar-refractivity contribution in [3.63, 3.8) is 0 Å². The fourth-order valence-corrected chi connectivity index (χ4v) is 3.25. The lowest BCUT2D eigenvalue weighted by molar-refractivity contribution is -0.190. The topological polar surface area (TPSA) is 41.7 Å². The first kappa shape index (κ1) is 13.7. The molecule has 1 aromatic carbocycles. The standard InChI is InChI=1S/C16H25N3O/c1-16(2)11-15(20-16)12-18-7-9-19(10-8-18)14-5-3-13(17)4-6-14/h3-6,15H,7-12,17H2,1-2H3. The number of hydrogen-bond acceptors (Lipinski definition) is 4. The van der Waals surface area contributed by atoms with Gasteiger partial charge in [-0.25, -0.2) is 0 Å². The summed E-state index contributed by atoms with van der Waals surface area (Å²) < 4.78 is 5.88. The number of nitrogens with two attached hydrogens (primary N) is 1. The van der Waals surface area contributed by atoms with E-state index in [0.717, 1.165) is 38.4 Å². The molecule has 4 heteroatoms. The van der Waals surface area contributed by atoms with E-state index in [1.54, 1.807) is 0 Å². The Labute approximate surface area is 121 Å². The monoisotopic (exact) mass is 275 g/mol. The van der Waals surface area contributed by atoms with Crippen molar-refractivity contribution in [2.75, 3.05) is 43.4 Å². The van der Waals surface area contributed by atoms with Crippen molar-refractivity contribution >= 4 is 11.4 Å². The third-order valence-electron chi connectivity index (χ3n) is 4.30. The first-order valence-corrected chi connectivity index (χ1v) is 7.52. The maximum Gasteiger partial charge on any atom is 0.0736 e. The molecule has 1 atom stereocenters. The Morgan fingerprint density at radius 1 is 1.15 bits per heavy atom. The minimum absolute atomic E-state index is 0.108. The lowest BCUT2D eigenvalue weighted by Crippen LogP contribution is -2.54. The molecule has 1 unspecified atom stereocenters. The van der Waals surface area contributed by atoms with Crippen LogP contribution in [0.2, 0.25) is 0 Å². The average Bonchev–Trinajstić information content (AvgIpc) is 2.39.